The normalized spacial score (nSPS) is 21.5. The van der Waals surface area contributed by atoms with Crippen molar-refractivity contribution in [1.82, 2.24) is 0 Å². The Hall–Kier alpha value is 0.540. The molecule has 0 aromatic heterocycles. The van der Waals surface area contributed by atoms with Gasteiger partial charge in [0.1, 0.15) is 6.10 Å². The van der Waals surface area contributed by atoms with E-state index in [1.54, 1.807) is 0 Å². The second kappa shape index (κ2) is 6.06. The maximum Gasteiger partial charge on any atom is 0.104 e. The highest BCUT2D eigenvalue weighted by Crippen LogP contribution is 2.14. The Balaban J connectivity index is 3.99. The molecule has 0 rings (SSSR count). The molecule has 0 heterocycles. The molecule has 0 aliphatic rings. The molecule has 6 heteroatoms. The van der Waals surface area contributed by atoms with Gasteiger partial charge in [-0.2, -0.15) is 25.3 Å². The lowest BCUT2D eigenvalue weighted by molar-refractivity contribution is -0.0140. The second-order valence-corrected chi connectivity index (χ2v) is 3.79. The van der Waals surface area contributed by atoms with Crippen molar-refractivity contribution in [2.45, 2.75) is 22.7 Å². The van der Waals surface area contributed by atoms with Crippen LogP contribution in [0.15, 0.2) is 0 Å². The molecule has 5 N–H and O–H groups in total. The number of nitrogens with two attached hydrogens (primary N) is 1. The summed E-state index contributed by atoms with van der Waals surface area (Å²) >= 11 is 8.06. The number of rotatable bonds is 5. The second-order valence-electron chi connectivity index (χ2n) is 2.53. The Labute approximate surface area is 82.6 Å². The molecule has 0 saturated carbocycles. The number of aliphatic hydroxyl groups is 3. The number of thiol groups is 2. The number of hydrogen-bond acceptors (Lipinski definition) is 6. The summed E-state index contributed by atoms with van der Waals surface area (Å²) in [7, 11) is 0. The van der Waals surface area contributed by atoms with Crippen LogP contribution >= 0.6 is 25.3 Å². The molecular formula is C6H15NO3S2. The zero-order chi connectivity index (χ0) is 9.72. The lowest BCUT2D eigenvalue weighted by Gasteiger charge is -2.25. The molecular weight excluding hydrogens is 198 g/mol. The van der Waals surface area contributed by atoms with Crippen LogP contribution < -0.4 is 5.73 Å². The molecule has 0 bridgehead atoms. The molecule has 0 aliphatic carbocycles. The van der Waals surface area contributed by atoms with Crippen LogP contribution in [0.5, 0.6) is 0 Å². The van der Waals surface area contributed by atoms with Gasteiger partial charge in [-0.3, -0.25) is 0 Å². The zero-order valence-corrected chi connectivity index (χ0v) is 8.33. The minimum Gasteiger partial charge on any atom is -0.394 e. The molecule has 0 spiro atoms. The lowest BCUT2D eigenvalue weighted by atomic mass is 10.1. The fourth-order valence-corrected chi connectivity index (χ4v) is 1.20. The van der Waals surface area contributed by atoms with Crippen LogP contribution in [-0.2, 0) is 0 Å². The summed E-state index contributed by atoms with van der Waals surface area (Å²) in [6.07, 6.45) is -2.29. The molecule has 0 amide bonds. The minimum atomic E-state index is -1.19. The van der Waals surface area contributed by atoms with E-state index in [1.165, 1.54) is 0 Å². The summed E-state index contributed by atoms with van der Waals surface area (Å²) in [6.45, 7) is -0.240. The first-order chi connectivity index (χ1) is 5.54. The molecule has 12 heavy (non-hydrogen) atoms. The van der Waals surface area contributed by atoms with Gasteiger partial charge in [-0.05, 0) is 0 Å². The summed E-state index contributed by atoms with van der Waals surface area (Å²) in [4.78, 5) is 0. The predicted molar refractivity (Wildman–Crippen MR) is 53.7 cm³/mol. The first-order valence-corrected chi connectivity index (χ1v) is 4.61. The Morgan fingerprint density at radius 1 is 1.25 bits per heavy atom. The van der Waals surface area contributed by atoms with Gasteiger partial charge in [0.25, 0.3) is 0 Å². The van der Waals surface area contributed by atoms with E-state index in [9.17, 15) is 5.11 Å². The van der Waals surface area contributed by atoms with Gasteiger partial charge in [0, 0.05) is 17.0 Å². The maximum atomic E-state index is 9.30. The van der Waals surface area contributed by atoms with Crippen LogP contribution in [0.25, 0.3) is 0 Å². The van der Waals surface area contributed by atoms with E-state index in [-0.39, 0.29) is 11.8 Å². The molecule has 74 valence electrons. The van der Waals surface area contributed by atoms with E-state index in [0.717, 1.165) is 0 Å². The predicted octanol–water partition coefficient (Wildman–Crippen LogP) is -1.74. The van der Waals surface area contributed by atoms with Crippen molar-refractivity contribution in [3.05, 3.63) is 0 Å². The standard InChI is InChI=1S/C6H15NO3S2/c7-1-4(11)6(12)5(10)3(9)2-8/h3-6,8-12H,1-2,7H2/t3-,4+,5-,6-/m1/s1. The van der Waals surface area contributed by atoms with Crippen molar-refractivity contribution < 1.29 is 15.3 Å². The van der Waals surface area contributed by atoms with Gasteiger partial charge < -0.3 is 21.1 Å². The van der Waals surface area contributed by atoms with E-state index < -0.39 is 24.1 Å². The fourth-order valence-electron chi connectivity index (χ4n) is 0.703. The van der Waals surface area contributed by atoms with Gasteiger partial charge in [0.2, 0.25) is 0 Å². The maximum absolute atomic E-state index is 9.30. The van der Waals surface area contributed by atoms with Crippen LogP contribution in [0.2, 0.25) is 0 Å². The fraction of sp³-hybridized carbons (Fsp3) is 1.00. The Bertz CT molecular complexity index is 113. The van der Waals surface area contributed by atoms with Gasteiger partial charge in [-0.1, -0.05) is 0 Å². The smallest absolute Gasteiger partial charge is 0.104 e. The molecule has 4 nitrogen and oxygen atoms in total. The Kier molecular flexibility index (Phi) is 6.34. The summed E-state index contributed by atoms with van der Waals surface area (Å²) in [5.41, 5.74) is 5.27. The van der Waals surface area contributed by atoms with E-state index >= 15 is 0 Å². The molecule has 0 radical (unpaired) electrons. The lowest BCUT2D eigenvalue weighted by Crippen LogP contribution is -2.43. The summed E-state index contributed by atoms with van der Waals surface area (Å²) in [6, 6.07) is 0. The molecule has 0 fully saturated rings. The van der Waals surface area contributed by atoms with Crippen LogP contribution in [0, 0.1) is 0 Å². The minimum absolute atomic E-state index is 0.256. The van der Waals surface area contributed by atoms with E-state index in [2.05, 4.69) is 25.3 Å². The van der Waals surface area contributed by atoms with Crippen LogP contribution in [0.1, 0.15) is 0 Å². The van der Waals surface area contributed by atoms with Crippen molar-refractivity contribution in [2.24, 2.45) is 5.73 Å². The van der Waals surface area contributed by atoms with E-state index in [1.807, 2.05) is 0 Å². The van der Waals surface area contributed by atoms with Gasteiger partial charge >= 0.3 is 0 Å². The largest absolute Gasteiger partial charge is 0.394 e. The van der Waals surface area contributed by atoms with Crippen molar-refractivity contribution in [1.29, 1.82) is 0 Å². The zero-order valence-electron chi connectivity index (χ0n) is 6.54. The molecule has 0 saturated heterocycles. The third kappa shape index (κ3) is 3.51. The number of aliphatic hydroxyl groups excluding tert-OH is 3. The summed E-state index contributed by atoms with van der Waals surface area (Å²) in [5.74, 6) is 0. The first kappa shape index (κ1) is 12.5. The topological polar surface area (TPSA) is 86.7 Å². The van der Waals surface area contributed by atoms with Crippen LogP contribution in [-0.4, -0.2) is 51.2 Å². The Morgan fingerprint density at radius 3 is 2.08 bits per heavy atom. The Morgan fingerprint density at radius 2 is 1.75 bits per heavy atom. The van der Waals surface area contributed by atoms with Gasteiger partial charge in [-0.15, -0.1) is 0 Å². The molecule has 0 aromatic rings. The molecule has 0 aliphatic heterocycles. The average molecular weight is 213 g/mol. The van der Waals surface area contributed by atoms with E-state index in [0.29, 0.717) is 0 Å². The highest BCUT2D eigenvalue weighted by molar-refractivity contribution is 7.85. The van der Waals surface area contributed by atoms with Crippen molar-refractivity contribution in [3.63, 3.8) is 0 Å². The highest BCUT2D eigenvalue weighted by atomic mass is 32.1. The molecule has 4 atom stereocenters. The third-order valence-electron chi connectivity index (χ3n) is 1.57. The average Bonchev–Trinajstić information content (AvgIpc) is 2.12. The van der Waals surface area contributed by atoms with Crippen molar-refractivity contribution in [2.75, 3.05) is 13.2 Å². The van der Waals surface area contributed by atoms with Crippen molar-refractivity contribution >= 4 is 25.3 Å². The van der Waals surface area contributed by atoms with Crippen molar-refractivity contribution in [3.8, 4) is 0 Å². The first-order valence-electron chi connectivity index (χ1n) is 3.57. The highest BCUT2D eigenvalue weighted by Gasteiger charge is 2.27. The summed E-state index contributed by atoms with van der Waals surface area (Å²) < 4.78 is 0. The van der Waals surface area contributed by atoms with Crippen LogP contribution in [0.3, 0.4) is 0 Å². The SMILES string of the molecule is NC[C@H](S)[C@@H](S)[C@H](O)[C@H](O)CO. The van der Waals surface area contributed by atoms with Crippen LogP contribution in [0.4, 0.5) is 0 Å². The monoisotopic (exact) mass is 213 g/mol. The van der Waals surface area contributed by atoms with E-state index in [4.69, 9.17) is 15.9 Å². The van der Waals surface area contributed by atoms with Gasteiger partial charge in [-0.25, -0.2) is 0 Å². The quantitative estimate of drug-likeness (QED) is 0.306. The summed E-state index contributed by atoms with van der Waals surface area (Å²) in [5, 5.41) is 26.0. The third-order valence-corrected chi connectivity index (χ3v) is 3.00. The molecule has 0 aromatic carbocycles. The van der Waals surface area contributed by atoms with Gasteiger partial charge in [0.05, 0.1) is 12.7 Å². The van der Waals surface area contributed by atoms with Gasteiger partial charge in [0.15, 0.2) is 0 Å². The number of hydrogen-bond donors (Lipinski definition) is 6. The molecule has 0 unspecified atom stereocenters.